The van der Waals surface area contributed by atoms with Crippen molar-refractivity contribution in [3.63, 3.8) is 0 Å². The zero-order chi connectivity index (χ0) is 14.8. The highest BCUT2D eigenvalue weighted by atomic mass is 32.2. The minimum atomic E-state index is -3.22. The van der Waals surface area contributed by atoms with Crippen LogP contribution in [0.1, 0.15) is 51.5 Å². The molecule has 0 amide bonds. The van der Waals surface area contributed by atoms with Crippen LogP contribution in [0.2, 0.25) is 0 Å². The fourth-order valence-electron chi connectivity index (χ4n) is 3.01. The van der Waals surface area contributed by atoms with Crippen LogP contribution in [0.15, 0.2) is 29.2 Å². The Labute approximate surface area is 122 Å². The molecular formula is C16H25NO2S. The highest BCUT2D eigenvalue weighted by Gasteiger charge is 2.37. The first-order chi connectivity index (χ1) is 9.46. The second-order valence-corrected chi connectivity index (χ2v) is 8.07. The van der Waals surface area contributed by atoms with E-state index in [1.807, 2.05) is 19.1 Å². The van der Waals surface area contributed by atoms with Gasteiger partial charge in [0.1, 0.15) is 0 Å². The molecule has 0 radical (unpaired) electrons. The third-order valence-electron chi connectivity index (χ3n) is 4.19. The maximum atomic E-state index is 12.8. The van der Waals surface area contributed by atoms with Gasteiger partial charge in [-0.3, -0.25) is 0 Å². The monoisotopic (exact) mass is 295 g/mol. The summed E-state index contributed by atoms with van der Waals surface area (Å²) in [5, 5.41) is 3.05. The maximum Gasteiger partial charge on any atom is 0.182 e. The molecule has 4 heteroatoms. The summed E-state index contributed by atoms with van der Waals surface area (Å²) in [6.07, 6.45) is 2.72. The lowest BCUT2D eigenvalue weighted by atomic mass is 10.0. The number of nitrogens with one attached hydrogen (secondary N) is 1. The Kier molecular flexibility index (Phi) is 4.86. The van der Waals surface area contributed by atoms with E-state index in [0.717, 1.165) is 25.8 Å². The van der Waals surface area contributed by atoms with Crippen LogP contribution in [0.5, 0.6) is 0 Å². The summed E-state index contributed by atoms with van der Waals surface area (Å²) >= 11 is 0. The van der Waals surface area contributed by atoms with Crippen molar-refractivity contribution < 1.29 is 8.42 Å². The molecule has 1 N–H and O–H groups in total. The van der Waals surface area contributed by atoms with Gasteiger partial charge in [-0.05, 0) is 43.0 Å². The lowest BCUT2D eigenvalue weighted by Gasteiger charge is -2.21. The van der Waals surface area contributed by atoms with Crippen molar-refractivity contribution in [1.29, 1.82) is 0 Å². The molecule has 0 aliphatic heterocycles. The molecule has 20 heavy (non-hydrogen) atoms. The molecule has 2 rings (SSSR count). The summed E-state index contributed by atoms with van der Waals surface area (Å²) < 4.78 is 25.5. The number of hydrogen-bond donors (Lipinski definition) is 1. The molecule has 1 saturated carbocycles. The van der Waals surface area contributed by atoms with Gasteiger partial charge >= 0.3 is 0 Å². The molecular weight excluding hydrogens is 270 g/mol. The van der Waals surface area contributed by atoms with Crippen molar-refractivity contribution in [2.45, 2.75) is 62.1 Å². The average molecular weight is 295 g/mol. The maximum absolute atomic E-state index is 12.8. The van der Waals surface area contributed by atoms with Gasteiger partial charge in [-0.1, -0.05) is 39.3 Å². The van der Waals surface area contributed by atoms with Gasteiger partial charge in [0.25, 0.3) is 0 Å². The molecule has 0 heterocycles. The van der Waals surface area contributed by atoms with Crippen LogP contribution in [0.3, 0.4) is 0 Å². The molecule has 1 fully saturated rings. The fourth-order valence-corrected chi connectivity index (χ4v) is 5.02. The molecule has 0 bridgehead atoms. The molecule has 1 aromatic carbocycles. The molecule has 1 aliphatic carbocycles. The quantitative estimate of drug-likeness (QED) is 0.908. The number of rotatable bonds is 5. The van der Waals surface area contributed by atoms with Crippen LogP contribution in [0.4, 0.5) is 0 Å². The van der Waals surface area contributed by atoms with Crippen molar-refractivity contribution in [2.75, 3.05) is 6.54 Å². The molecule has 0 spiro atoms. The van der Waals surface area contributed by atoms with E-state index in [-0.39, 0.29) is 11.3 Å². The summed E-state index contributed by atoms with van der Waals surface area (Å²) in [5.74, 6) is 0.424. The second kappa shape index (κ2) is 6.27. The molecule has 3 nitrogen and oxygen atoms in total. The average Bonchev–Trinajstić information content (AvgIpc) is 2.88. The second-order valence-electron chi connectivity index (χ2n) is 5.90. The summed E-state index contributed by atoms with van der Waals surface area (Å²) in [6, 6.07) is 7.52. The van der Waals surface area contributed by atoms with Crippen molar-refractivity contribution in [2.24, 2.45) is 0 Å². The Balaban J connectivity index is 2.25. The van der Waals surface area contributed by atoms with E-state index in [0.29, 0.717) is 10.8 Å². The van der Waals surface area contributed by atoms with Gasteiger partial charge in [-0.25, -0.2) is 8.42 Å². The summed E-state index contributed by atoms with van der Waals surface area (Å²) in [7, 11) is -3.22. The van der Waals surface area contributed by atoms with Crippen molar-refractivity contribution in [1.82, 2.24) is 5.32 Å². The number of sulfone groups is 1. The largest absolute Gasteiger partial charge is 0.313 e. The van der Waals surface area contributed by atoms with Gasteiger partial charge in [0.2, 0.25) is 0 Å². The van der Waals surface area contributed by atoms with Gasteiger partial charge in [-0.2, -0.15) is 0 Å². The first-order valence-corrected chi connectivity index (χ1v) is 9.08. The molecule has 2 unspecified atom stereocenters. The van der Waals surface area contributed by atoms with E-state index in [1.54, 1.807) is 12.1 Å². The Morgan fingerprint density at radius 2 is 1.85 bits per heavy atom. The SMILES string of the molecule is CCNC1CCCC1S(=O)(=O)c1ccc(C(C)C)cc1. The van der Waals surface area contributed by atoms with Crippen LogP contribution < -0.4 is 5.32 Å². The van der Waals surface area contributed by atoms with E-state index >= 15 is 0 Å². The standard InChI is InChI=1S/C16H25NO2S/c1-4-17-15-6-5-7-16(15)20(18,19)14-10-8-13(9-11-14)12(2)3/h8-12,15-17H,4-7H2,1-3H3. The molecule has 112 valence electrons. The number of benzene rings is 1. The third kappa shape index (κ3) is 3.07. The van der Waals surface area contributed by atoms with Crippen molar-refractivity contribution in [3.8, 4) is 0 Å². The van der Waals surface area contributed by atoms with Gasteiger partial charge in [0, 0.05) is 6.04 Å². The first kappa shape index (κ1) is 15.5. The van der Waals surface area contributed by atoms with E-state index < -0.39 is 9.84 Å². The summed E-state index contributed by atoms with van der Waals surface area (Å²) in [6.45, 7) is 7.08. The predicted molar refractivity (Wildman–Crippen MR) is 82.8 cm³/mol. The minimum absolute atomic E-state index is 0.106. The minimum Gasteiger partial charge on any atom is -0.313 e. The summed E-state index contributed by atoms with van der Waals surface area (Å²) in [4.78, 5) is 0.469. The first-order valence-electron chi connectivity index (χ1n) is 7.54. The van der Waals surface area contributed by atoms with Crippen LogP contribution in [-0.4, -0.2) is 26.3 Å². The van der Waals surface area contributed by atoms with Gasteiger partial charge < -0.3 is 5.32 Å². The van der Waals surface area contributed by atoms with Crippen LogP contribution in [0.25, 0.3) is 0 Å². The Bertz CT molecular complexity index is 534. The van der Waals surface area contributed by atoms with Gasteiger partial charge in [0.05, 0.1) is 10.1 Å². The van der Waals surface area contributed by atoms with Crippen LogP contribution >= 0.6 is 0 Å². The molecule has 2 atom stereocenters. The van der Waals surface area contributed by atoms with E-state index in [4.69, 9.17) is 0 Å². The smallest absolute Gasteiger partial charge is 0.182 e. The Morgan fingerprint density at radius 3 is 2.40 bits per heavy atom. The molecule has 0 saturated heterocycles. The lowest BCUT2D eigenvalue weighted by molar-refractivity contribution is 0.517. The zero-order valence-corrected chi connectivity index (χ0v) is 13.4. The third-order valence-corrected chi connectivity index (χ3v) is 6.48. The topological polar surface area (TPSA) is 46.2 Å². The van der Waals surface area contributed by atoms with Crippen LogP contribution in [-0.2, 0) is 9.84 Å². The Morgan fingerprint density at radius 1 is 1.20 bits per heavy atom. The molecule has 1 aliphatic rings. The van der Waals surface area contributed by atoms with Crippen LogP contribution in [0, 0.1) is 0 Å². The normalized spacial score (nSPS) is 23.4. The van der Waals surface area contributed by atoms with E-state index in [2.05, 4.69) is 19.2 Å². The zero-order valence-electron chi connectivity index (χ0n) is 12.6. The Hall–Kier alpha value is -0.870. The summed E-state index contributed by atoms with van der Waals surface area (Å²) in [5.41, 5.74) is 1.18. The van der Waals surface area contributed by atoms with Gasteiger partial charge in [0.15, 0.2) is 9.84 Å². The van der Waals surface area contributed by atoms with Crippen molar-refractivity contribution >= 4 is 9.84 Å². The fraction of sp³-hybridized carbons (Fsp3) is 0.625. The predicted octanol–water partition coefficient (Wildman–Crippen LogP) is 3.11. The highest BCUT2D eigenvalue weighted by Crippen LogP contribution is 2.30. The van der Waals surface area contributed by atoms with Crippen molar-refractivity contribution in [3.05, 3.63) is 29.8 Å². The van der Waals surface area contributed by atoms with E-state index in [9.17, 15) is 8.42 Å². The molecule has 1 aromatic rings. The van der Waals surface area contributed by atoms with Gasteiger partial charge in [-0.15, -0.1) is 0 Å². The van der Waals surface area contributed by atoms with E-state index in [1.165, 1.54) is 5.56 Å². The highest BCUT2D eigenvalue weighted by molar-refractivity contribution is 7.92. The molecule has 0 aromatic heterocycles. The lowest BCUT2D eigenvalue weighted by Crippen LogP contribution is -2.40. The number of hydrogen-bond acceptors (Lipinski definition) is 3.